The lowest BCUT2D eigenvalue weighted by Gasteiger charge is -2.31. The monoisotopic (exact) mass is 552 g/mol. The molecule has 0 aromatic rings. The number of ether oxygens (including phenoxy) is 8. The molecule has 0 aromatic carbocycles. The Morgan fingerprint density at radius 3 is 1.38 bits per heavy atom. The third kappa shape index (κ3) is 7.53. The highest BCUT2D eigenvalue weighted by molar-refractivity contribution is 5.63. The highest BCUT2D eigenvalue weighted by Crippen LogP contribution is 2.27. The highest BCUT2D eigenvalue weighted by Gasteiger charge is 2.34. The number of allylic oxidation sites excluding steroid dienone is 1. The summed E-state index contributed by atoms with van der Waals surface area (Å²) in [7, 11) is 0. The summed E-state index contributed by atoms with van der Waals surface area (Å²) in [6.45, 7) is 5.50. The van der Waals surface area contributed by atoms with Crippen LogP contribution >= 0.6 is 0 Å². The first-order chi connectivity index (χ1) is 18.8. The topological polar surface area (TPSA) is 149 Å². The molecule has 4 saturated heterocycles. The third-order valence-electron chi connectivity index (χ3n) is 7.00. The summed E-state index contributed by atoms with van der Waals surface area (Å²) >= 11 is 0. The minimum absolute atomic E-state index is 0.160. The Balaban J connectivity index is 1.25. The van der Waals surface area contributed by atoms with Gasteiger partial charge in [-0.1, -0.05) is 24.6 Å². The number of cyclic esters (lactones) is 8. The van der Waals surface area contributed by atoms with Crippen LogP contribution in [0.3, 0.4) is 0 Å². The lowest BCUT2D eigenvalue weighted by Crippen LogP contribution is -2.42. The van der Waals surface area contributed by atoms with Crippen molar-refractivity contribution in [2.75, 3.05) is 65.7 Å². The molecule has 0 amide bonds. The Morgan fingerprint density at radius 1 is 0.641 bits per heavy atom. The first kappa shape index (κ1) is 27.1. The molecule has 4 heterocycles. The fourth-order valence-corrected chi connectivity index (χ4v) is 5.13. The molecule has 1 aliphatic carbocycles. The molecule has 4 aliphatic heterocycles. The Morgan fingerprint density at radius 2 is 1.03 bits per heavy atom. The molecule has 5 aliphatic rings. The molecule has 0 N–H and O–H groups in total. The van der Waals surface area contributed by atoms with Crippen molar-refractivity contribution >= 4 is 24.6 Å². The zero-order valence-electron chi connectivity index (χ0n) is 21.6. The normalized spacial score (nSPS) is 30.1. The van der Waals surface area contributed by atoms with Crippen LogP contribution in [-0.2, 0) is 37.9 Å². The van der Waals surface area contributed by atoms with E-state index in [2.05, 4.69) is 28.9 Å². The number of hydrogen-bond acceptors (Lipinski definition) is 14. The van der Waals surface area contributed by atoms with Crippen molar-refractivity contribution in [3.05, 3.63) is 23.3 Å². The summed E-state index contributed by atoms with van der Waals surface area (Å²) in [6.07, 6.45) is 0.646. The third-order valence-corrected chi connectivity index (χ3v) is 7.00. The number of nitrogens with zero attached hydrogens (tertiary/aromatic N) is 2. The van der Waals surface area contributed by atoms with Gasteiger partial charge in [-0.25, -0.2) is 19.2 Å². The second kappa shape index (κ2) is 12.1. The number of hydrogen-bond donors (Lipinski definition) is 0. The van der Waals surface area contributed by atoms with E-state index in [0.29, 0.717) is 39.3 Å². The standard InChI is InChI=1S/C25H32N2O12/c1-15-2-3-16(5-26(7-18-11-32-22(28)36-18)8-19-12-33-23(29)37-19)4-17(15)6-27(9-20-13-34-24(30)38-20)10-21-14-35-25(31)39-21/h3-4,15,18-21H,2,5-14H2,1H3. The highest BCUT2D eigenvalue weighted by atomic mass is 16.8. The van der Waals surface area contributed by atoms with Crippen LogP contribution in [0.1, 0.15) is 13.3 Å². The first-order valence-corrected chi connectivity index (χ1v) is 13.0. The van der Waals surface area contributed by atoms with Gasteiger partial charge in [-0.2, -0.15) is 0 Å². The maximum Gasteiger partial charge on any atom is 0.508 e. The molecule has 5 unspecified atom stereocenters. The maximum absolute atomic E-state index is 11.4. The van der Waals surface area contributed by atoms with E-state index < -0.39 is 49.0 Å². The average molecular weight is 553 g/mol. The van der Waals surface area contributed by atoms with Gasteiger partial charge in [0.15, 0.2) is 24.4 Å². The first-order valence-electron chi connectivity index (χ1n) is 13.0. The van der Waals surface area contributed by atoms with Crippen molar-refractivity contribution < 1.29 is 57.1 Å². The number of carbonyl (C=O) groups excluding carboxylic acids is 4. The lowest BCUT2D eigenvalue weighted by molar-refractivity contribution is 0.0783. The van der Waals surface area contributed by atoms with Gasteiger partial charge < -0.3 is 37.9 Å². The molecule has 214 valence electrons. The van der Waals surface area contributed by atoms with E-state index in [-0.39, 0.29) is 32.3 Å². The SMILES string of the molecule is CC1CC=C(CN(CC2COC(=O)O2)CC2COC(=O)O2)C=C1CN(CC1COC(=O)O1)CC1COC(=O)O1. The Hall–Kier alpha value is -3.52. The van der Waals surface area contributed by atoms with Crippen molar-refractivity contribution in [1.29, 1.82) is 0 Å². The minimum Gasteiger partial charge on any atom is -0.430 e. The van der Waals surface area contributed by atoms with Crippen molar-refractivity contribution in [3.63, 3.8) is 0 Å². The summed E-state index contributed by atoms with van der Waals surface area (Å²) in [5, 5.41) is 0. The van der Waals surface area contributed by atoms with Gasteiger partial charge in [-0.05, 0) is 17.9 Å². The predicted molar refractivity (Wildman–Crippen MR) is 128 cm³/mol. The fraction of sp³-hybridized carbons (Fsp3) is 0.680. The molecule has 0 spiro atoms. The molecule has 39 heavy (non-hydrogen) atoms. The van der Waals surface area contributed by atoms with Crippen LogP contribution < -0.4 is 0 Å². The molecule has 14 nitrogen and oxygen atoms in total. The van der Waals surface area contributed by atoms with E-state index in [0.717, 1.165) is 17.6 Å². The van der Waals surface area contributed by atoms with Gasteiger partial charge in [0.05, 0.1) is 0 Å². The average Bonchev–Trinajstić information content (AvgIpc) is 3.67. The Kier molecular flexibility index (Phi) is 8.41. The van der Waals surface area contributed by atoms with Crippen LogP contribution in [0.2, 0.25) is 0 Å². The second-order valence-corrected chi connectivity index (χ2v) is 10.2. The van der Waals surface area contributed by atoms with Gasteiger partial charge in [0.2, 0.25) is 0 Å². The summed E-state index contributed by atoms with van der Waals surface area (Å²) in [4.78, 5) is 49.9. The summed E-state index contributed by atoms with van der Waals surface area (Å²) in [5.74, 6) is 0.253. The van der Waals surface area contributed by atoms with Gasteiger partial charge >= 0.3 is 24.6 Å². The van der Waals surface area contributed by atoms with Crippen LogP contribution in [0.5, 0.6) is 0 Å². The minimum atomic E-state index is -0.694. The maximum atomic E-state index is 11.4. The Bertz CT molecular complexity index is 973. The van der Waals surface area contributed by atoms with E-state index in [1.165, 1.54) is 0 Å². The lowest BCUT2D eigenvalue weighted by atomic mass is 9.89. The molecular formula is C25H32N2O12. The van der Waals surface area contributed by atoms with Crippen LogP contribution in [0.25, 0.3) is 0 Å². The molecule has 0 bridgehead atoms. The Labute approximate surface area is 224 Å². The quantitative estimate of drug-likeness (QED) is 0.255. The molecule has 5 atom stereocenters. The molecule has 0 aromatic heterocycles. The molecule has 0 radical (unpaired) electrons. The van der Waals surface area contributed by atoms with Gasteiger partial charge in [-0.3, -0.25) is 9.80 Å². The van der Waals surface area contributed by atoms with Crippen LogP contribution in [-0.4, -0.2) is 125 Å². The number of rotatable bonds is 12. The van der Waals surface area contributed by atoms with Crippen molar-refractivity contribution in [2.24, 2.45) is 5.92 Å². The molecular weight excluding hydrogens is 520 g/mol. The van der Waals surface area contributed by atoms with E-state index in [1.54, 1.807) is 0 Å². The van der Waals surface area contributed by atoms with E-state index in [1.807, 2.05) is 0 Å². The van der Waals surface area contributed by atoms with Crippen molar-refractivity contribution in [2.45, 2.75) is 37.8 Å². The van der Waals surface area contributed by atoms with Gasteiger partial charge in [0.1, 0.15) is 26.4 Å². The molecule has 14 heteroatoms. The smallest absolute Gasteiger partial charge is 0.430 e. The molecule has 4 fully saturated rings. The van der Waals surface area contributed by atoms with Crippen molar-refractivity contribution in [3.8, 4) is 0 Å². The largest absolute Gasteiger partial charge is 0.508 e. The fourth-order valence-electron chi connectivity index (χ4n) is 5.13. The van der Waals surface area contributed by atoms with E-state index in [4.69, 9.17) is 37.9 Å². The summed E-state index contributed by atoms with van der Waals surface area (Å²) in [6, 6.07) is 0. The zero-order valence-corrected chi connectivity index (χ0v) is 21.6. The summed E-state index contributed by atoms with van der Waals surface area (Å²) in [5.41, 5.74) is 2.22. The second-order valence-electron chi connectivity index (χ2n) is 10.2. The molecule has 0 saturated carbocycles. The number of carbonyl (C=O) groups is 4. The molecule has 5 rings (SSSR count). The predicted octanol–water partition coefficient (Wildman–Crippen LogP) is 1.62. The van der Waals surface area contributed by atoms with Gasteiger partial charge in [-0.15, -0.1) is 0 Å². The van der Waals surface area contributed by atoms with Crippen LogP contribution in [0.4, 0.5) is 19.2 Å². The van der Waals surface area contributed by atoms with Gasteiger partial charge in [0, 0.05) is 39.3 Å². The summed E-state index contributed by atoms with van der Waals surface area (Å²) < 4.78 is 40.7. The van der Waals surface area contributed by atoms with Crippen molar-refractivity contribution in [1.82, 2.24) is 9.80 Å². The van der Waals surface area contributed by atoms with Crippen LogP contribution in [0.15, 0.2) is 23.3 Å². The van der Waals surface area contributed by atoms with Crippen LogP contribution in [0, 0.1) is 5.92 Å². The van der Waals surface area contributed by atoms with E-state index in [9.17, 15) is 19.2 Å². The van der Waals surface area contributed by atoms with E-state index >= 15 is 0 Å². The zero-order chi connectivity index (χ0) is 27.4. The van der Waals surface area contributed by atoms with Gasteiger partial charge in [0.25, 0.3) is 0 Å².